The van der Waals surface area contributed by atoms with Crippen LogP contribution in [0.4, 0.5) is 0 Å². The van der Waals surface area contributed by atoms with E-state index < -0.39 is 10.0 Å². The molecule has 1 aliphatic heterocycles. The van der Waals surface area contributed by atoms with Gasteiger partial charge in [-0.25, -0.2) is 8.42 Å². The molecule has 1 aromatic carbocycles. The van der Waals surface area contributed by atoms with E-state index in [4.69, 9.17) is 27.9 Å². The van der Waals surface area contributed by atoms with Gasteiger partial charge in [-0.2, -0.15) is 4.31 Å². The average molecular weight is 441 g/mol. The summed E-state index contributed by atoms with van der Waals surface area (Å²) in [6.45, 7) is 4.43. The Balaban J connectivity index is 1.77. The molecule has 1 aliphatic rings. The standard InChI is InChI=1S/C16H22Cl2N2O4S2/c1-11-8-20(9-12(2)24-11)26(22,23)6-5-19-16(21)10-25-15-7-13(17)3-4-14(15)18/h3-4,7,11-12H,5-6,8-10H2,1-2H3,(H,19,21). The number of nitrogens with zero attached hydrogens (tertiary/aromatic N) is 1. The molecule has 1 N–H and O–H groups in total. The molecule has 0 saturated carbocycles. The van der Waals surface area contributed by atoms with Crippen LogP contribution in [0.15, 0.2) is 23.1 Å². The Morgan fingerprint density at radius 1 is 1.31 bits per heavy atom. The van der Waals surface area contributed by atoms with Crippen molar-refractivity contribution >= 4 is 50.9 Å². The fraction of sp³-hybridized carbons (Fsp3) is 0.562. The zero-order valence-corrected chi connectivity index (χ0v) is 17.7. The largest absolute Gasteiger partial charge is 0.373 e. The monoisotopic (exact) mass is 440 g/mol. The predicted octanol–water partition coefficient (Wildman–Crippen LogP) is 2.64. The number of rotatable bonds is 7. The average Bonchev–Trinajstić information content (AvgIpc) is 2.54. The first kappa shape index (κ1) is 21.8. The van der Waals surface area contributed by atoms with Crippen LogP contribution in [0.25, 0.3) is 0 Å². The van der Waals surface area contributed by atoms with Crippen molar-refractivity contribution < 1.29 is 17.9 Å². The molecular weight excluding hydrogens is 419 g/mol. The normalized spacial score (nSPS) is 21.5. The molecule has 0 spiro atoms. The maximum Gasteiger partial charge on any atom is 0.230 e. The zero-order chi connectivity index (χ0) is 19.3. The number of halogens is 2. The number of amides is 1. The topological polar surface area (TPSA) is 75.7 Å². The number of morpholine rings is 1. The lowest BCUT2D eigenvalue weighted by molar-refractivity contribution is -0.118. The predicted molar refractivity (Wildman–Crippen MR) is 106 cm³/mol. The van der Waals surface area contributed by atoms with Gasteiger partial charge in [0.2, 0.25) is 15.9 Å². The Hall–Kier alpha value is -0.510. The van der Waals surface area contributed by atoms with Crippen molar-refractivity contribution in [2.75, 3.05) is 31.1 Å². The van der Waals surface area contributed by atoms with Gasteiger partial charge in [0, 0.05) is 29.6 Å². The van der Waals surface area contributed by atoms with Crippen LogP contribution in [-0.2, 0) is 19.6 Å². The summed E-state index contributed by atoms with van der Waals surface area (Å²) in [5, 5.41) is 3.69. The number of nitrogens with one attached hydrogen (secondary N) is 1. The first-order valence-electron chi connectivity index (χ1n) is 8.15. The number of hydrogen-bond donors (Lipinski definition) is 1. The smallest absolute Gasteiger partial charge is 0.230 e. The van der Waals surface area contributed by atoms with Gasteiger partial charge < -0.3 is 10.1 Å². The van der Waals surface area contributed by atoms with Crippen molar-refractivity contribution in [3.8, 4) is 0 Å². The molecule has 1 amide bonds. The first-order valence-corrected chi connectivity index (χ1v) is 11.5. The van der Waals surface area contributed by atoms with Gasteiger partial charge in [0.05, 0.1) is 28.7 Å². The summed E-state index contributed by atoms with van der Waals surface area (Å²) in [6, 6.07) is 5.03. The van der Waals surface area contributed by atoms with Crippen LogP contribution in [-0.4, -0.2) is 62.0 Å². The molecule has 0 radical (unpaired) electrons. The Morgan fingerprint density at radius 2 is 1.96 bits per heavy atom. The quantitative estimate of drug-likeness (QED) is 0.659. The highest BCUT2D eigenvalue weighted by Crippen LogP contribution is 2.29. The molecule has 26 heavy (non-hydrogen) atoms. The number of hydrogen-bond acceptors (Lipinski definition) is 5. The summed E-state index contributed by atoms with van der Waals surface area (Å²) in [5.74, 6) is -0.267. The minimum atomic E-state index is -3.43. The van der Waals surface area contributed by atoms with Gasteiger partial charge in [-0.05, 0) is 32.0 Å². The summed E-state index contributed by atoms with van der Waals surface area (Å²) in [6.07, 6.45) is -0.274. The third-order valence-corrected chi connectivity index (χ3v) is 7.25. The maximum absolute atomic E-state index is 12.4. The molecule has 146 valence electrons. The SMILES string of the molecule is CC1CN(S(=O)(=O)CCNC(=O)CSc2cc(Cl)ccc2Cl)CC(C)O1. The number of carbonyl (C=O) groups is 1. The van der Waals surface area contributed by atoms with Crippen molar-refractivity contribution in [2.45, 2.75) is 31.0 Å². The molecular formula is C16H22Cl2N2O4S2. The van der Waals surface area contributed by atoms with E-state index >= 15 is 0 Å². The second kappa shape index (κ2) is 9.61. The van der Waals surface area contributed by atoms with Crippen LogP contribution >= 0.6 is 35.0 Å². The van der Waals surface area contributed by atoms with E-state index in [1.807, 2.05) is 13.8 Å². The van der Waals surface area contributed by atoms with E-state index in [1.54, 1.807) is 18.2 Å². The van der Waals surface area contributed by atoms with Gasteiger partial charge in [-0.1, -0.05) is 23.2 Å². The molecule has 1 fully saturated rings. The molecule has 0 aromatic heterocycles. The van der Waals surface area contributed by atoms with Crippen LogP contribution in [0.5, 0.6) is 0 Å². The zero-order valence-electron chi connectivity index (χ0n) is 14.6. The summed E-state index contributed by atoms with van der Waals surface area (Å²) >= 11 is 13.2. The van der Waals surface area contributed by atoms with Crippen molar-refractivity contribution in [1.29, 1.82) is 0 Å². The van der Waals surface area contributed by atoms with E-state index in [9.17, 15) is 13.2 Å². The number of ether oxygens (including phenoxy) is 1. The Labute approximate surface area is 168 Å². The maximum atomic E-state index is 12.4. The van der Waals surface area contributed by atoms with Gasteiger partial charge >= 0.3 is 0 Å². The third kappa shape index (κ3) is 6.58. The second-order valence-electron chi connectivity index (χ2n) is 6.10. The van der Waals surface area contributed by atoms with E-state index in [-0.39, 0.29) is 36.2 Å². The lowest BCUT2D eigenvalue weighted by Crippen LogP contribution is -2.49. The fourth-order valence-electron chi connectivity index (χ4n) is 2.59. The van der Waals surface area contributed by atoms with Crippen LogP contribution < -0.4 is 5.32 Å². The fourth-order valence-corrected chi connectivity index (χ4v) is 5.40. The summed E-state index contributed by atoms with van der Waals surface area (Å²) in [4.78, 5) is 12.6. The van der Waals surface area contributed by atoms with Crippen LogP contribution in [0.3, 0.4) is 0 Å². The molecule has 0 aliphatic carbocycles. The highest BCUT2D eigenvalue weighted by Gasteiger charge is 2.30. The van der Waals surface area contributed by atoms with Gasteiger partial charge in [0.25, 0.3) is 0 Å². The van der Waals surface area contributed by atoms with Crippen LogP contribution in [0.1, 0.15) is 13.8 Å². The number of benzene rings is 1. The molecule has 2 unspecified atom stereocenters. The number of thioether (sulfide) groups is 1. The van der Waals surface area contributed by atoms with Crippen molar-refractivity contribution in [1.82, 2.24) is 9.62 Å². The van der Waals surface area contributed by atoms with Crippen LogP contribution in [0.2, 0.25) is 10.0 Å². The summed E-state index contributed by atoms with van der Waals surface area (Å²) < 4.78 is 31.8. The Kier molecular flexibility index (Phi) is 8.06. The molecule has 0 bridgehead atoms. The summed E-state index contributed by atoms with van der Waals surface area (Å²) in [7, 11) is -3.43. The molecule has 1 saturated heterocycles. The number of carbonyl (C=O) groups excluding carboxylic acids is 1. The van der Waals surface area contributed by atoms with E-state index in [1.165, 1.54) is 16.1 Å². The van der Waals surface area contributed by atoms with Gasteiger partial charge in [0.15, 0.2) is 0 Å². The molecule has 1 aromatic rings. The molecule has 10 heteroatoms. The highest BCUT2D eigenvalue weighted by molar-refractivity contribution is 8.00. The Bertz CT molecular complexity index is 736. The summed E-state index contributed by atoms with van der Waals surface area (Å²) in [5.41, 5.74) is 0. The van der Waals surface area contributed by atoms with Crippen molar-refractivity contribution in [2.24, 2.45) is 0 Å². The Morgan fingerprint density at radius 3 is 2.62 bits per heavy atom. The number of sulfonamides is 1. The minimum absolute atomic E-state index is 0.0606. The minimum Gasteiger partial charge on any atom is -0.373 e. The van der Waals surface area contributed by atoms with E-state index in [2.05, 4.69) is 5.32 Å². The van der Waals surface area contributed by atoms with Gasteiger partial charge in [0.1, 0.15) is 0 Å². The third-order valence-electron chi connectivity index (χ3n) is 3.71. The molecule has 1 heterocycles. The molecule has 2 rings (SSSR count). The van der Waals surface area contributed by atoms with Crippen LogP contribution in [0, 0.1) is 0 Å². The lowest BCUT2D eigenvalue weighted by Gasteiger charge is -2.34. The van der Waals surface area contributed by atoms with Crippen molar-refractivity contribution in [3.63, 3.8) is 0 Å². The van der Waals surface area contributed by atoms with Gasteiger partial charge in [-0.3, -0.25) is 4.79 Å². The van der Waals surface area contributed by atoms with E-state index in [0.717, 1.165) is 0 Å². The second-order valence-corrected chi connectivity index (χ2v) is 10.1. The van der Waals surface area contributed by atoms with Crippen molar-refractivity contribution in [3.05, 3.63) is 28.2 Å². The molecule has 2 atom stereocenters. The lowest BCUT2D eigenvalue weighted by atomic mass is 10.3. The van der Waals surface area contributed by atoms with Gasteiger partial charge in [-0.15, -0.1) is 11.8 Å². The first-order chi connectivity index (χ1) is 12.2. The molecule has 6 nitrogen and oxygen atoms in total. The highest BCUT2D eigenvalue weighted by atomic mass is 35.5. The van der Waals surface area contributed by atoms with E-state index in [0.29, 0.717) is 28.0 Å².